The standard InChI is InChI=1S/C28H35N3O4/c1-35-23-8-9-26-25(18-23)24(11-14-30-26)27(32)10-7-20-12-16-31(19-21(20)17-28(33)34)15-4-6-22-5-2-3-13-29-22/h2-3,5,8-9,11,13-14,18,20-21,27,32H,4,6-7,10,12,15-17,19H2,1H3,(H,33,34)/t20-,21+,27?/m1/s1. The number of aryl methyl sites for hydroxylation is 1. The molecule has 35 heavy (non-hydrogen) atoms. The summed E-state index contributed by atoms with van der Waals surface area (Å²) >= 11 is 0. The number of aromatic nitrogens is 2. The van der Waals surface area contributed by atoms with E-state index in [2.05, 4.69) is 14.9 Å². The molecular formula is C28H35N3O4. The SMILES string of the molecule is COc1ccc2nccc(C(O)CC[C@@H]3CCN(CCCc4ccccn4)C[C@@H]3CC(=O)O)c2c1. The smallest absolute Gasteiger partial charge is 0.303 e. The number of aliphatic hydroxyl groups excluding tert-OH is 1. The number of ether oxygens (including phenoxy) is 1. The lowest BCUT2D eigenvalue weighted by atomic mass is 9.79. The first-order chi connectivity index (χ1) is 17.0. The molecule has 0 aliphatic carbocycles. The summed E-state index contributed by atoms with van der Waals surface area (Å²) in [4.78, 5) is 22.8. The van der Waals surface area contributed by atoms with Gasteiger partial charge in [-0.2, -0.15) is 0 Å². The van der Waals surface area contributed by atoms with Gasteiger partial charge in [-0.05, 0) is 99.0 Å². The van der Waals surface area contributed by atoms with Gasteiger partial charge in [0.15, 0.2) is 0 Å². The zero-order chi connectivity index (χ0) is 24.6. The van der Waals surface area contributed by atoms with Crippen LogP contribution in [0.2, 0.25) is 0 Å². The summed E-state index contributed by atoms with van der Waals surface area (Å²) in [5.74, 6) is 0.368. The Bertz CT molecular complexity index is 1110. The monoisotopic (exact) mass is 477 g/mol. The van der Waals surface area contributed by atoms with E-state index in [1.807, 2.05) is 48.7 Å². The van der Waals surface area contributed by atoms with Crippen molar-refractivity contribution in [3.63, 3.8) is 0 Å². The van der Waals surface area contributed by atoms with Gasteiger partial charge in [0, 0.05) is 36.4 Å². The van der Waals surface area contributed by atoms with Gasteiger partial charge in [0.05, 0.1) is 18.7 Å². The topological polar surface area (TPSA) is 95.8 Å². The molecule has 3 atom stereocenters. The van der Waals surface area contributed by atoms with E-state index in [4.69, 9.17) is 4.74 Å². The molecule has 2 N–H and O–H groups in total. The molecule has 4 rings (SSSR count). The van der Waals surface area contributed by atoms with E-state index in [0.29, 0.717) is 6.42 Å². The van der Waals surface area contributed by atoms with Crippen LogP contribution < -0.4 is 4.74 Å². The van der Waals surface area contributed by atoms with Gasteiger partial charge < -0.3 is 19.8 Å². The van der Waals surface area contributed by atoms with Crippen LogP contribution in [0.5, 0.6) is 5.75 Å². The van der Waals surface area contributed by atoms with E-state index >= 15 is 0 Å². The van der Waals surface area contributed by atoms with Crippen molar-refractivity contribution in [2.24, 2.45) is 11.8 Å². The van der Waals surface area contributed by atoms with E-state index < -0.39 is 12.1 Å². The third kappa shape index (κ3) is 6.77. The average Bonchev–Trinajstić information content (AvgIpc) is 2.87. The summed E-state index contributed by atoms with van der Waals surface area (Å²) in [6, 6.07) is 13.5. The van der Waals surface area contributed by atoms with Crippen molar-refractivity contribution in [3.05, 3.63) is 66.1 Å². The van der Waals surface area contributed by atoms with Crippen LogP contribution in [0.25, 0.3) is 10.9 Å². The molecule has 0 saturated carbocycles. The zero-order valence-electron chi connectivity index (χ0n) is 20.3. The molecule has 2 aromatic heterocycles. The molecule has 3 heterocycles. The highest BCUT2D eigenvalue weighted by molar-refractivity contribution is 5.83. The van der Waals surface area contributed by atoms with E-state index in [1.165, 1.54) is 0 Å². The molecule has 1 saturated heterocycles. The largest absolute Gasteiger partial charge is 0.497 e. The summed E-state index contributed by atoms with van der Waals surface area (Å²) in [6.45, 7) is 2.71. The Labute approximate surface area is 206 Å². The molecule has 0 bridgehead atoms. The van der Waals surface area contributed by atoms with Crippen molar-refractivity contribution >= 4 is 16.9 Å². The molecular weight excluding hydrogens is 442 g/mol. The first kappa shape index (κ1) is 25.1. The lowest BCUT2D eigenvalue weighted by Crippen LogP contribution is -2.42. The van der Waals surface area contributed by atoms with Gasteiger partial charge in [-0.25, -0.2) is 0 Å². The number of benzene rings is 1. The van der Waals surface area contributed by atoms with Crippen LogP contribution in [0, 0.1) is 11.8 Å². The van der Waals surface area contributed by atoms with Gasteiger partial charge >= 0.3 is 5.97 Å². The highest BCUT2D eigenvalue weighted by atomic mass is 16.5. The fraction of sp³-hybridized carbons (Fsp3) is 0.464. The fourth-order valence-electron chi connectivity index (χ4n) is 5.32. The first-order valence-electron chi connectivity index (χ1n) is 12.5. The Morgan fingerprint density at radius 3 is 2.83 bits per heavy atom. The van der Waals surface area contributed by atoms with Crippen LogP contribution in [0.1, 0.15) is 49.5 Å². The van der Waals surface area contributed by atoms with E-state index in [1.54, 1.807) is 13.3 Å². The molecule has 0 radical (unpaired) electrons. The number of aliphatic hydroxyl groups is 1. The predicted molar refractivity (Wildman–Crippen MR) is 135 cm³/mol. The molecule has 1 aliphatic rings. The van der Waals surface area contributed by atoms with Crippen molar-refractivity contribution in [3.8, 4) is 5.75 Å². The summed E-state index contributed by atoms with van der Waals surface area (Å²) in [7, 11) is 1.63. The van der Waals surface area contributed by atoms with Crippen LogP contribution in [-0.4, -0.2) is 57.8 Å². The Balaban J connectivity index is 1.35. The average molecular weight is 478 g/mol. The lowest BCUT2D eigenvalue weighted by molar-refractivity contribution is -0.139. The number of carbonyl (C=O) groups is 1. The Kier molecular flexibility index (Phi) is 8.66. The second-order valence-corrected chi connectivity index (χ2v) is 9.51. The summed E-state index contributed by atoms with van der Waals surface area (Å²) in [5, 5.41) is 21.5. The molecule has 1 fully saturated rings. The summed E-state index contributed by atoms with van der Waals surface area (Å²) < 4.78 is 5.35. The van der Waals surface area contributed by atoms with Crippen molar-refractivity contribution in [1.82, 2.24) is 14.9 Å². The van der Waals surface area contributed by atoms with Crippen LogP contribution in [0.4, 0.5) is 0 Å². The molecule has 186 valence electrons. The Hall–Kier alpha value is -3.03. The van der Waals surface area contributed by atoms with Crippen LogP contribution in [0.15, 0.2) is 54.9 Å². The van der Waals surface area contributed by atoms with Crippen molar-refractivity contribution in [1.29, 1.82) is 0 Å². The van der Waals surface area contributed by atoms with Gasteiger partial charge in [-0.3, -0.25) is 14.8 Å². The number of nitrogens with zero attached hydrogens (tertiary/aromatic N) is 3. The second kappa shape index (κ2) is 12.1. The predicted octanol–water partition coefficient (Wildman–Crippen LogP) is 4.50. The van der Waals surface area contributed by atoms with Crippen molar-refractivity contribution in [2.75, 3.05) is 26.7 Å². The molecule has 7 heteroatoms. The maximum atomic E-state index is 11.6. The number of fused-ring (bicyclic) bond motifs is 1. The fourth-order valence-corrected chi connectivity index (χ4v) is 5.32. The number of piperidine rings is 1. The zero-order valence-corrected chi connectivity index (χ0v) is 20.3. The van der Waals surface area contributed by atoms with Crippen LogP contribution >= 0.6 is 0 Å². The first-order valence-corrected chi connectivity index (χ1v) is 12.5. The van der Waals surface area contributed by atoms with E-state index in [-0.39, 0.29) is 18.3 Å². The summed E-state index contributed by atoms with van der Waals surface area (Å²) in [6.07, 6.45) is 7.39. The number of hydrogen-bond donors (Lipinski definition) is 2. The highest BCUT2D eigenvalue weighted by Gasteiger charge is 2.31. The number of pyridine rings is 2. The Morgan fingerprint density at radius 1 is 1.17 bits per heavy atom. The minimum atomic E-state index is -0.747. The van der Waals surface area contributed by atoms with Crippen molar-refractivity contribution < 1.29 is 19.7 Å². The van der Waals surface area contributed by atoms with Crippen LogP contribution in [-0.2, 0) is 11.2 Å². The minimum absolute atomic E-state index is 0.0950. The quantitative estimate of drug-likeness (QED) is 0.420. The normalized spacial score (nSPS) is 19.5. The van der Waals surface area contributed by atoms with E-state index in [9.17, 15) is 15.0 Å². The minimum Gasteiger partial charge on any atom is -0.497 e. The number of rotatable bonds is 11. The third-order valence-corrected chi connectivity index (χ3v) is 7.20. The highest BCUT2D eigenvalue weighted by Crippen LogP contribution is 2.34. The molecule has 1 aromatic carbocycles. The molecule has 0 spiro atoms. The molecule has 1 unspecified atom stereocenters. The maximum Gasteiger partial charge on any atom is 0.303 e. The second-order valence-electron chi connectivity index (χ2n) is 9.51. The number of carboxylic acid groups (broad SMARTS) is 1. The number of hydrogen-bond acceptors (Lipinski definition) is 6. The van der Waals surface area contributed by atoms with Crippen LogP contribution in [0.3, 0.4) is 0 Å². The van der Waals surface area contributed by atoms with Gasteiger partial charge in [0.1, 0.15) is 5.75 Å². The number of aliphatic carboxylic acids is 1. The van der Waals surface area contributed by atoms with Gasteiger partial charge in [-0.15, -0.1) is 0 Å². The van der Waals surface area contributed by atoms with Crippen molar-refractivity contribution in [2.45, 2.75) is 44.6 Å². The number of methoxy groups -OCH3 is 1. The molecule has 1 aliphatic heterocycles. The lowest BCUT2D eigenvalue weighted by Gasteiger charge is -2.38. The summed E-state index contributed by atoms with van der Waals surface area (Å²) in [5.41, 5.74) is 2.76. The molecule has 7 nitrogen and oxygen atoms in total. The van der Waals surface area contributed by atoms with Gasteiger partial charge in [-0.1, -0.05) is 6.07 Å². The number of likely N-dealkylation sites (tertiary alicyclic amines) is 1. The number of carboxylic acids is 1. The van der Waals surface area contributed by atoms with Gasteiger partial charge in [0.2, 0.25) is 0 Å². The molecule has 0 amide bonds. The third-order valence-electron chi connectivity index (χ3n) is 7.20. The Morgan fingerprint density at radius 2 is 2.06 bits per heavy atom. The van der Waals surface area contributed by atoms with E-state index in [0.717, 1.165) is 73.2 Å². The van der Waals surface area contributed by atoms with Gasteiger partial charge in [0.25, 0.3) is 0 Å². The molecule has 3 aromatic rings. The maximum absolute atomic E-state index is 11.6.